The summed E-state index contributed by atoms with van der Waals surface area (Å²) in [6, 6.07) is 25.2. The van der Waals surface area contributed by atoms with E-state index >= 15 is 0 Å². The summed E-state index contributed by atoms with van der Waals surface area (Å²) in [6.07, 6.45) is 4.22. The molecule has 2 aromatic heterocycles. The maximum Gasteiger partial charge on any atom is 0.254 e. The molecule has 0 bridgehead atoms. The van der Waals surface area contributed by atoms with Crippen molar-refractivity contribution in [2.24, 2.45) is 0 Å². The Morgan fingerprint density at radius 1 is 0.794 bits per heavy atom. The SMILES string of the molecule is Clc1ccc(Oc2ccc(Nc3c4c(nc5nc(-c6ccccc6)nn35)CCCC4)cc2)cc1. The first-order chi connectivity index (χ1) is 16.7. The summed E-state index contributed by atoms with van der Waals surface area (Å²) in [7, 11) is 0. The van der Waals surface area contributed by atoms with Gasteiger partial charge in [0.15, 0.2) is 5.82 Å². The molecule has 168 valence electrons. The molecule has 0 saturated heterocycles. The molecule has 6 nitrogen and oxygen atoms in total. The number of hydrogen-bond donors (Lipinski definition) is 1. The summed E-state index contributed by atoms with van der Waals surface area (Å²) in [4.78, 5) is 9.58. The molecule has 0 saturated carbocycles. The topological polar surface area (TPSA) is 64.3 Å². The van der Waals surface area contributed by atoms with Crippen LogP contribution in [0.5, 0.6) is 11.5 Å². The van der Waals surface area contributed by atoms with E-state index in [1.807, 2.05) is 83.4 Å². The summed E-state index contributed by atoms with van der Waals surface area (Å²) < 4.78 is 7.77. The second-order valence-electron chi connectivity index (χ2n) is 8.31. The standard InChI is InChI=1S/C27H22ClN5O/c28-19-10-14-21(15-11-19)34-22-16-12-20(13-17-22)29-26-23-8-4-5-9-24(23)30-27-31-25(32-33(26)27)18-6-2-1-3-7-18/h1-3,6-7,10-17,29H,4-5,8-9H2. The molecule has 0 aliphatic heterocycles. The summed E-state index contributed by atoms with van der Waals surface area (Å²) >= 11 is 5.96. The highest BCUT2D eigenvalue weighted by Gasteiger charge is 2.21. The van der Waals surface area contributed by atoms with Crippen molar-refractivity contribution >= 4 is 28.9 Å². The maximum absolute atomic E-state index is 5.96. The zero-order chi connectivity index (χ0) is 22.9. The average Bonchev–Trinajstić information content (AvgIpc) is 3.31. The molecule has 0 radical (unpaired) electrons. The minimum absolute atomic E-state index is 0.615. The maximum atomic E-state index is 5.96. The number of aryl methyl sites for hydroxylation is 1. The van der Waals surface area contributed by atoms with Gasteiger partial charge in [0, 0.05) is 21.8 Å². The van der Waals surface area contributed by atoms with Crippen LogP contribution in [0.2, 0.25) is 5.02 Å². The van der Waals surface area contributed by atoms with Gasteiger partial charge >= 0.3 is 0 Å². The average molecular weight is 468 g/mol. The third-order valence-corrected chi connectivity index (χ3v) is 6.21. The number of rotatable bonds is 5. The third-order valence-electron chi connectivity index (χ3n) is 5.96. The minimum Gasteiger partial charge on any atom is -0.457 e. The fourth-order valence-electron chi connectivity index (χ4n) is 4.26. The highest BCUT2D eigenvalue weighted by molar-refractivity contribution is 6.30. The lowest BCUT2D eigenvalue weighted by molar-refractivity contribution is 0.483. The van der Waals surface area contributed by atoms with Crippen LogP contribution >= 0.6 is 11.6 Å². The molecule has 34 heavy (non-hydrogen) atoms. The Bertz CT molecular complexity index is 1450. The number of fused-ring (bicyclic) bond motifs is 2. The Kier molecular flexibility index (Phi) is 5.35. The van der Waals surface area contributed by atoms with Gasteiger partial charge in [-0.15, -0.1) is 5.10 Å². The fraction of sp³-hybridized carbons (Fsp3) is 0.148. The largest absolute Gasteiger partial charge is 0.457 e. The monoisotopic (exact) mass is 467 g/mol. The van der Waals surface area contributed by atoms with Gasteiger partial charge in [0.1, 0.15) is 17.3 Å². The summed E-state index contributed by atoms with van der Waals surface area (Å²) in [5.41, 5.74) is 4.24. The van der Waals surface area contributed by atoms with Gasteiger partial charge in [0.05, 0.1) is 5.69 Å². The van der Waals surface area contributed by atoms with Gasteiger partial charge in [-0.3, -0.25) is 0 Å². The molecular weight excluding hydrogens is 446 g/mol. The summed E-state index contributed by atoms with van der Waals surface area (Å²) in [6.45, 7) is 0. The quantitative estimate of drug-likeness (QED) is 0.306. The Hall–Kier alpha value is -3.90. The van der Waals surface area contributed by atoms with E-state index in [4.69, 9.17) is 31.4 Å². The van der Waals surface area contributed by atoms with E-state index in [0.717, 1.165) is 59.9 Å². The summed E-state index contributed by atoms with van der Waals surface area (Å²) in [5.74, 6) is 3.71. The molecule has 3 aromatic carbocycles. The molecule has 7 heteroatoms. The van der Waals surface area contributed by atoms with E-state index in [2.05, 4.69) is 5.32 Å². The van der Waals surface area contributed by atoms with Crippen molar-refractivity contribution in [2.45, 2.75) is 25.7 Å². The van der Waals surface area contributed by atoms with Gasteiger partial charge in [-0.2, -0.15) is 9.50 Å². The number of anilines is 2. The van der Waals surface area contributed by atoms with Crippen LogP contribution in [0, 0.1) is 0 Å². The van der Waals surface area contributed by atoms with Crippen molar-refractivity contribution in [3.63, 3.8) is 0 Å². The van der Waals surface area contributed by atoms with Gasteiger partial charge in [-0.1, -0.05) is 41.9 Å². The number of benzene rings is 3. The van der Waals surface area contributed by atoms with Crippen molar-refractivity contribution in [3.05, 3.63) is 95.1 Å². The minimum atomic E-state index is 0.615. The first kappa shape index (κ1) is 20.7. The number of ether oxygens (including phenoxy) is 1. The lowest BCUT2D eigenvalue weighted by Crippen LogP contribution is -2.13. The molecule has 6 rings (SSSR count). The normalized spacial score (nSPS) is 13.0. The molecule has 0 unspecified atom stereocenters. The van der Waals surface area contributed by atoms with Crippen molar-refractivity contribution in [1.29, 1.82) is 0 Å². The second-order valence-corrected chi connectivity index (χ2v) is 8.75. The number of nitrogens with zero attached hydrogens (tertiary/aromatic N) is 4. The van der Waals surface area contributed by atoms with Crippen LogP contribution in [-0.4, -0.2) is 19.6 Å². The highest BCUT2D eigenvalue weighted by Crippen LogP contribution is 2.31. The molecule has 0 amide bonds. The first-order valence-electron chi connectivity index (χ1n) is 11.4. The van der Waals surface area contributed by atoms with E-state index in [0.29, 0.717) is 16.6 Å². The molecule has 2 heterocycles. The molecule has 1 aliphatic rings. The van der Waals surface area contributed by atoms with E-state index in [1.165, 1.54) is 5.56 Å². The van der Waals surface area contributed by atoms with E-state index < -0.39 is 0 Å². The summed E-state index contributed by atoms with van der Waals surface area (Å²) in [5, 5.41) is 9.08. The molecule has 1 aliphatic carbocycles. The number of hydrogen-bond acceptors (Lipinski definition) is 5. The van der Waals surface area contributed by atoms with Gasteiger partial charge in [0.25, 0.3) is 5.78 Å². The fourth-order valence-corrected chi connectivity index (χ4v) is 4.39. The molecular formula is C27H22ClN5O. The van der Waals surface area contributed by atoms with Crippen LogP contribution < -0.4 is 10.1 Å². The van der Waals surface area contributed by atoms with Gasteiger partial charge in [-0.25, -0.2) is 4.98 Å². The van der Waals surface area contributed by atoms with E-state index in [-0.39, 0.29) is 0 Å². The highest BCUT2D eigenvalue weighted by atomic mass is 35.5. The third kappa shape index (κ3) is 4.08. The molecule has 1 N–H and O–H groups in total. The zero-order valence-electron chi connectivity index (χ0n) is 18.4. The van der Waals surface area contributed by atoms with Crippen LogP contribution in [0.4, 0.5) is 11.5 Å². The van der Waals surface area contributed by atoms with Crippen LogP contribution in [0.1, 0.15) is 24.1 Å². The van der Waals surface area contributed by atoms with Crippen LogP contribution in [0.15, 0.2) is 78.9 Å². The molecule has 0 fully saturated rings. The Morgan fingerprint density at radius 3 is 2.26 bits per heavy atom. The smallest absolute Gasteiger partial charge is 0.254 e. The van der Waals surface area contributed by atoms with Crippen LogP contribution in [-0.2, 0) is 12.8 Å². The number of nitrogens with one attached hydrogen (secondary N) is 1. The van der Waals surface area contributed by atoms with Gasteiger partial charge < -0.3 is 10.1 Å². The van der Waals surface area contributed by atoms with Gasteiger partial charge in [0.2, 0.25) is 0 Å². The Labute approximate surface area is 202 Å². The van der Waals surface area contributed by atoms with Gasteiger partial charge in [-0.05, 0) is 74.2 Å². The van der Waals surface area contributed by atoms with Crippen molar-refractivity contribution in [2.75, 3.05) is 5.32 Å². The van der Waals surface area contributed by atoms with Crippen LogP contribution in [0.25, 0.3) is 17.2 Å². The van der Waals surface area contributed by atoms with E-state index in [1.54, 1.807) is 0 Å². The predicted octanol–water partition coefficient (Wildman–Crippen LogP) is 6.86. The lowest BCUT2D eigenvalue weighted by Gasteiger charge is -2.20. The van der Waals surface area contributed by atoms with Crippen LogP contribution in [0.3, 0.4) is 0 Å². The number of halogens is 1. The van der Waals surface area contributed by atoms with Crippen molar-refractivity contribution in [3.8, 4) is 22.9 Å². The number of aromatic nitrogens is 4. The zero-order valence-corrected chi connectivity index (χ0v) is 19.2. The molecule has 0 spiro atoms. The first-order valence-corrected chi connectivity index (χ1v) is 11.8. The van der Waals surface area contributed by atoms with E-state index in [9.17, 15) is 0 Å². The molecule has 0 atom stereocenters. The second kappa shape index (κ2) is 8.80. The van der Waals surface area contributed by atoms with Crippen molar-refractivity contribution in [1.82, 2.24) is 19.6 Å². The lowest BCUT2D eigenvalue weighted by atomic mass is 9.96. The van der Waals surface area contributed by atoms with Crippen molar-refractivity contribution < 1.29 is 4.74 Å². The predicted molar refractivity (Wildman–Crippen MR) is 134 cm³/mol. The molecule has 5 aromatic rings. The Morgan fingerprint density at radius 2 is 1.50 bits per heavy atom. The Balaban J connectivity index is 1.34.